The second-order valence-electron chi connectivity index (χ2n) is 3.93. The lowest BCUT2D eigenvalue weighted by Crippen LogP contribution is -2.35. The van der Waals surface area contributed by atoms with Gasteiger partial charge in [-0.15, -0.1) is 4.73 Å². The Labute approximate surface area is 100 Å². The minimum Gasteiger partial charge on any atom is -0.334 e. The lowest BCUT2D eigenvalue weighted by atomic mass is 10.0. The van der Waals surface area contributed by atoms with Crippen LogP contribution in [-0.4, -0.2) is 10.7 Å². The summed E-state index contributed by atoms with van der Waals surface area (Å²) in [5.74, 6) is -0.526. The van der Waals surface area contributed by atoms with Gasteiger partial charge >= 0.3 is 5.97 Å². The lowest BCUT2D eigenvalue weighted by molar-refractivity contribution is -0.142. The molecule has 1 heterocycles. The van der Waals surface area contributed by atoms with Crippen molar-refractivity contribution in [3.8, 4) is 0 Å². The number of carbonyl (C=O) groups excluding carboxylic acids is 1. The molecule has 94 valence electrons. The van der Waals surface area contributed by atoms with Crippen LogP contribution in [0.25, 0.3) is 0 Å². The van der Waals surface area contributed by atoms with Gasteiger partial charge in [0.2, 0.25) is 0 Å². The first kappa shape index (κ1) is 13.4. The summed E-state index contributed by atoms with van der Waals surface area (Å²) < 4.78 is 1.00. The molecule has 0 spiro atoms. The first-order valence-corrected chi connectivity index (χ1v) is 5.64. The highest BCUT2D eigenvalue weighted by molar-refractivity contribution is 5.66. The van der Waals surface area contributed by atoms with E-state index in [2.05, 4.69) is 0 Å². The van der Waals surface area contributed by atoms with E-state index in [0.29, 0.717) is 11.3 Å². The van der Waals surface area contributed by atoms with Gasteiger partial charge in [0.25, 0.3) is 5.56 Å². The fourth-order valence-corrected chi connectivity index (χ4v) is 1.77. The molecule has 0 amide bonds. The molecule has 0 aliphatic rings. The Morgan fingerprint density at radius 3 is 2.65 bits per heavy atom. The van der Waals surface area contributed by atoms with Crippen LogP contribution in [0, 0.1) is 6.92 Å². The molecule has 1 rings (SSSR count). The fraction of sp³-hybridized carbons (Fsp3) is 0.500. The smallest absolute Gasteiger partial charge is 0.330 e. The van der Waals surface area contributed by atoms with Gasteiger partial charge in [-0.2, -0.15) is 0 Å². The number of rotatable bonds is 4. The number of carbonyl (C=O) groups is 1. The molecule has 1 aromatic rings. The predicted octanol–water partition coefficient (Wildman–Crippen LogP) is 0.543. The maximum atomic E-state index is 12.1. The topological polar surface area (TPSA) is 74.3 Å². The number of nitrogens with two attached hydrogens (primary N) is 1. The molecular weight excluding hydrogens is 220 g/mol. The molecule has 0 aliphatic heterocycles. The highest BCUT2D eigenvalue weighted by Crippen LogP contribution is 2.09. The highest BCUT2D eigenvalue weighted by atomic mass is 16.7. The SMILES string of the molecule is CCCc1cc(C)n(OC(C)=O)c(=O)c1CN. The quantitative estimate of drug-likeness (QED) is 0.831. The van der Waals surface area contributed by atoms with Gasteiger partial charge in [-0.05, 0) is 25.0 Å². The Bertz CT molecular complexity index is 477. The van der Waals surface area contributed by atoms with Gasteiger partial charge < -0.3 is 10.6 Å². The third kappa shape index (κ3) is 2.94. The summed E-state index contributed by atoms with van der Waals surface area (Å²) >= 11 is 0. The highest BCUT2D eigenvalue weighted by Gasteiger charge is 2.13. The Morgan fingerprint density at radius 2 is 2.18 bits per heavy atom. The van der Waals surface area contributed by atoms with Crippen LogP contribution in [0.4, 0.5) is 0 Å². The van der Waals surface area contributed by atoms with Crippen LogP contribution in [0.2, 0.25) is 0 Å². The first-order chi connectivity index (χ1) is 8.01. The van der Waals surface area contributed by atoms with Gasteiger partial charge in [-0.25, -0.2) is 4.79 Å². The van der Waals surface area contributed by atoms with Crippen molar-refractivity contribution in [3.05, 3.63) is 33.2 Å². The molecule has 0 aliphatic carbocycles. The van der Waals surface area contributed by atoms with Gasteiger partial charge in [0, 0.05) is 19.0 Å². The third-order valence-corrected chi connectivity index (χ3v) is 2.48. The molecule has 0 radical (unpaired) electrons. The summed E-state index contributed by atoms with van der Waals surface area (Å²) in [4.78, 5) is 27.8. The number of hydrogen-bond acceptors (Lipinski definition) is 4. The van der Waals surface area contributed by atoms with E-state index < -0.39 is 5.97 Å². The Hall–Kier alpha value is -1.62. The van der Waals surface area contributed by atoms with Crippen molar-refractivity contribution in [3.63, 3.8) is 0 Å². The van der Waals surface area contributed by atoms with Crippen LogP contribution < -0.4 is 16.1 Å². The van der Waals surface area contributed by atoms with Gasteiger partial charge in [0.1, 0.15) is 0 Å². The fourth-order valence-electron chi connectivity index (χ4n) is 1.77. The van der Waals surface area contributed by atoms with Crippen molar-refractivity contribution in [2.24, 2.45) is 5.73 Å². The zero-order chi connectivity index (χ0) is 13.0. The molecule has 0 bridgehead atoms. The van der Waals surface area contributed by atoms with E-state index in [1.807, 2.05) is 13.0 Å². The minimum absolute atomic E-state index is 0.149. The molecule has 5 heteroatoms. The number of hydrogen-bond donors (Lipinski definition) is 1. The summed E-state index contributed by atoms with van der Waals surface area (Å²) in [7, 11) is 0. The van der Waals surface area contributed by atoms with E-state index in [-0.39, 0.29) is 12.1 Å². The normalized spacial score (nSPS) is 10.4. The second kappa shape index (κ2) is 5.63. The van der Waals surface area contributed by atoms with Gasteiger partial charge in [-0.1, -0.05) is 13.3 Å². The molecule has 0 atom stereocenters. The van der Waals surface area contributed by atoms with Crippen LogP contribution in [0.1, 0.15) is 37.1 Å². The van der Waals surface area contributed by atoms with Crippen molar-refractivity contribution in [2.75, 3.05) is 0 Å². The van der Waals surface area contributed by atoms with E-state index in [1.165, 1.54) is 6.92 Å². The summed E-state index contributed by atoms with van der Waals surface area (Å²) in [5, 5.41) is 0. The average molecular weight is 238 g/mol. The van der Waals surface area contributed by atoms with Crippen molar-refractivity contribution in [1.82, 2.24) is 4.73 Å². The molecule has 0 saturated heterocycles. The second-order valence-corrected chi connectivity index (χ2v) is 3.93. The zero-order valence-corrected chi connectivity index (χ0v) is 10.4. The van der Waals surface area contributed by atoms with Crippen molar-refractivity contribution >= 4 is 5.97 Å². The maximum Gasteiger partial charge on any atom is 0.330 e. The first-order valence-electron chi connectivity index (χ1n) is 5.64. The molecule has 1 aromatic heterocycles. The Kier molecular flexibility index (Phi) is 4.45. The molecule has 5 nitrogen and oxygen atoms in total. The lowest BCUT2D eigenvalue weighted by Gasteiger charge is -2.13. The molecular formula is C12H18N2O3. The standard InChI is InChI=1S/C12H18N2O3/c1-4-5-10-6-8(2)14(17-9(3)15)12(16)11(10)7-13/h6H,4-5,7,13H2,1-3H3. The van der Waals surface area contributed by atoms with Gasteiger partial charge in [0.15, 0.2) is 0 Å². The Balaban J connectivity index is 3.35. The third-order valence-electron chi connectivity index (χ3n) is 2.48. The van der Waals surface area contributed by atoms with E-state index >= 15 is 0 Å². The number of pyridine rings is 1. The van der Waals surface area contributed by atoms with E-state index in [9.17, 15) is 9.59 Å². The van der Waals surface area contributed by atoms with E-state index in [1.54, 1.807) is 6.92 Å². The molecule has 17 heavy (non-hydrogen) atoms. The molecule has 0 unspecified atom stereocenters. The van der Waals surface area contributed by atoms with Crippen LogP contribution in [0.15, 0.2) is 10.9 Å². The summed E-state index contributed by atoms with van der Waals surface area (Å²) in [6, 6.07) is 1.84. The largest absolute Gasteiger partial charge is 0.334 e. The van der Waals surface area contributed by atoms with Crippen LogP contribution in [0.5, 0.6) is 0 Å². The zero-order valence-electron chi connectivity index (χ0n) is 10.4. The molecule has 2 N–H and O–H groups in total. The van der Waals surface area contributed by atoms with Crippen LogP contribution in [-0.2, 0) is 17.8 Å². The molecule has 0 aromatic carbocycles. The van der Waals surface area contributed by atoms with Gasteiger partial charge in [0.05, 0.1) is 5.69 Å². The number of nitrogens with zero attached hydrogens (tertiary/aromatic N) is 1. The van der Waals surface area contributed by atoms with Crippen molar-refractivity contribution < 1.29 is 9.63 Å². The van der Waals surface area contributed by atoms with E-state index in [4.69, 9.17) is 10.6 Å². The van der Waals surface area contributed by atoms with E-state index in [0.717, 1.165) is 23.1 Å². The average Bonchev–Trinajstić information content (AvgIpc) is 2.24. The maximum absolute atomic E-state index is 12.1. The van der Waals surface area contributed by atoms with Crippen LogP contribution in [0.3, 0.4) is 0 Å². The van der Waals surface area contributed by atoms with Crippen molar-refractivity contribution in [1.29, 1.82) is 0 Å². The van der Waals surface area contributed by atoms with Gasteiger partial charge in [-0.3, -0.25) is 4.79 Å². The van der Waals surface area contributed by atoms with Crippen LogP contribution >= 0.6 is 0 Å². The summed E-state index contributed by atoms with van der Waals surface area (Å²) in [6.07, 6.45) is 1.73. The monoisotopic (exact) mass is 238 g/mol. The number of aromatic nitrogens is 1. The summed E-state index contributed by atoms with van der Waals surface area (Å²) in [5.41, 5.74) is 7.28. The van der Waals surface area contributed by atoms with Crippen molar-refractivity contribution in [2.45, 2.75) is 40.2 Å². The molecule has 0 fully saturated rings. The molecule has 0 saturated carbocycles. The Morgan fingerprint density at radius 1 is 1.53 bits per heavy atom. The minimum atomic E-state index is -0.526. The predicted molar refractivity (Wildman–Crippen MR) is 64.6 cm³/mol. The number of aryl methyl sites for hydroxylation is 2. The summed E-state index contributed by atoms with van der Waals surface area (Å²) in [6.45, 7) is 5.17.